The monoisotopic (exact) mass is 279 g/mol. The maximum Gasteiger partial charge on any atom is 0.0440 e. The summed E-state index contributed by atoms with van der Waals surface area (Å²) in [5.41, 5.74) is 2.56. The minimum atomic E-state index is 0.665. The molecule has 0 amide bonds. The van der Waals surface area contributed by atoms with Crippen LogP contribution >= 0.6 is 11.6 Å². The van der Waals surface area contributed by atoms with Crippen LogP contribution in [-0.4, -0.2) is 12.6 Å². The Morgan fingerprint density at radius 2 is 2.11 bits per heavy atom. The summed E-state index contributed by atoms with van der Waals surface area (Å²) in [5, 5.41) is 4.60. The molecule has 0 aromatic heterocycles. The highest BCUT2D eigenvalue weighted by Gasteiger charge is 2.28. The number of rotatable bonds is 4. The lowest BCUT2D eigenvalue weighted by atomic mass is 9.76. The largest absolute Gasteiger partial charge is 0.314 e. The van der Waals surface area contributed by atoms with Crippen LogP contribution in [0.15, 0.2) is 18.2 Å². The molecular formula is C17H26ClN. The van der Waals surface area contributed by atoms with E-state index in [1.165, 1.54) is 30.4 Å². The SMILES string of the molecule is CCNC1CCC(C)CC1Cc1ccc(C)cc1Cl. The average Bonchev–Trinajstić information content (AvgIpc) is 2.36. The minimum Gasteiger partial charge on any atom is -0.314 e. The van der Waals surface area contributed by atoms with Crippen LogP contribution in [-0.2, 0) is 6.42 Å². The van der Waals surface area contributed by atoms with Gasteiger partial charge in [-0.15, -0.1) is 0 Å². The third kappa shape index (κ3) is 3.97. The second-order valence-electron chi connectivity index (χ2n) is 6.14. The summed E-state index contributed by atoms with van der Waals surface area (Å²) in [6.45, 7) is 7.75. The van der Waals surface area contributed by atoms with E-state index in [2.05, 4.69) is 44.3 Å². The van der Waals surface area contributed by atoms with E-state index in [0.29, 0.717) is 6.04 Å². The van der Waals surface area contributed by atoms with E-state index in [1.807, 2.05) is 0 Å². The topological polar surface area (TPSA) is 12.0 Å². The molecule has 2 rings (SSSR count). The second-order valence-corrected chi connectivity index (χ2v) is 6.55. The minimum absolute atomic E-state index is 0.665. The van der Waals surface area contributed by atoms with Gasteiger partial charge in [0.2, 0.25) is 0 Å². The zero-order chi connectivity index (χ0) is 13.8. The van der Waals surface area contributed by atoms with Crippen LogP contribution in [0, 0.1) is 18.8 Å². The molecule has 1 aliphatic rings. The number of halogens is 1. The van der Waals surface area contributed by atoms with E-state index in [4.69, 9.17) is 11.6 Å². The van der Waals surface area contributed by atoms with Crippen LogP contribution < -0.4 is 5.32 Å². The van der Waals surface area contributed by atoms with Crippen molar-refractivity contribution in [3.8, 4) is 0 Å². The van der Waals surface area contributed by atoms with Crippen LogP contribution in [0.2, 0.25) is 5.02 Å². The Morgan fingerprint density at radius 1 is 1.32 bits per heavy atom. The summed E-state index contributed by atoms with van der Waals surface area (Å²) in [6.07, 6.45) is 5.10. The van der Waals surface area contributed by atoms with Crippen LogP contribution in [0.3, 0.4) is 0 Å². The third-order valence-corrected chi connectivity index (χ3v) is 4.75. The molecular weight excluding hydrogens is 254 g/mol. The van der Waals surface area contributed by atoms with Crippen LogP contribution in [0.4, 0.5) is 0 Å². The van der Waals surface area contributed by atoms with Crippen molar-refractivity contribution >= 4 is 11.6 Å². The number of hydrogen-bond acceptors (Lipinski definition) is 1. The molecule has 1 aliphatic carbocycles. The normalized spacial score (nSPS) is 27.5. The fraction of sp³-hybridized carbons (Fsp3) is 0.647. The molecule has 0 bridgehead atoms. The quantitative estimate of drug-likeness (QED) is 0.849. The summed E-state index contributed by atoms with van der Waals surface area (Å²) in [4.78, 5) is 0. The molecule has 1 aromatic rings. The van der Waals surface area contributed by atoms with Gasteiger partial charge in [0.1, 0.15) is 0 Å². The highest BCUT2D eigenvalue weighted by Crippen LogP contribution is 2.33. The first-order chi connectivity index (χ1) is 9.10. The summed E-state index contributed by atoms with van der Waals surface area (Å²) >= 11 is 6.39. The Bertz CT molecular complexity index is 416. The standard InChI is InChI=1S/C17H26ClN/c1-4-19-17-8-6-12(2)9-15(17)11-14-7-5-13(3)10-16(14)18/h5,7,10,12,15,17,19H,4,6,8-9,11H2,1-3H3. The van der Waals surface area contributed by atoms with E-state index in [9.17, 15) is 0 Å². The average molecular weight is 280 g/mol. The van der Waals surface area contributed by atoms with Crippen molar-refractivity contribution < 1.29 is 0 Å². The van der Waals surface area contributed by atoms with Gasteiger partial charge in [0.05, 0.1) is 0 Å². The molecule has 1 aromatic carbocycles. The molecule has 2 heteroatoms. The van der Waals surface area contributed by atoms with Crippen LogP contribution in [0.1, 0.15) is 44.2 Å². The van der Waals surface area contributed by atoms with E-state index >= 15 is 0 Å². The maximum absolute atomic E-state index is 6.39. The van der Waals surface area contributed by atoms with Crippen molar-refractivity contribution in [1.29, 1.82) is 0 Å². The summed E-state index contributed by atoms with van der Waals surface area (Å²) in [7, 11) is 0. The molecule has 0 heterocycles. The lowest BCUT2D eigenvalue weighted by Gasteiger charge is -2.35. The first-order valence-electron chi connectivity index (χ1n) is 7.58. The molecule has 1 fully saturated rings. The molecule has 1 N–H and O–H groups in total. The van der Waals surface area contributed by atoms with Crippen molar-refractivity contribution in [2.75, 3.05) is 6.54 Å². The van der Waals surface area contributed by atoms with E-state index in [-0.39, 0.29) is 0 Å². The van der Waals surface area contributed by atoms with Crippen molar-refractivity contribution in [1.82, 2.24) is 5.32 Å². The Morgan fingerprint density at radius 3 is 2.79 bits per heavy atom. The highest BCUT2D eigenvalue weighted by atomic mass is 35.5. The molecule has 19 heavy (non-hydrogen) atoms. The molecule has 0 aliphatic heterocycles. The van der Waals surface area contributed by atoms with Gasteiger partial charge in [-0.05, 0) is 68.2 Å². The third-order valence-electron chi connectivity index (χ3n) is 4.40. The molecule has 1 saturated carbocycles. The zero-order valence-corrected chi connectivity index (χ0v) is 13.1. The van der Waals surface area contributed by atoms with Crippen LogP contribution in [0.25, 0.3) is 0 Å². The zero-order valence-electron chi connectivity index (χ0n) is 12.4. The van der Waals surface area contributed by atoms with Gasteiger partial charge in [0.15, 0.2) is 0 Å². The lowest BCUT2D eigenvalue weighted by Crippen LogP contribution is -2.41. The first-order valence-corrected chi connectivity index (χ1v) is 7.96. The molecule has 3 unspecified atom stereocenters. The van der Waals surface area contributed by atoms with Crippen molar-refractivity contribution in [2.24, 2.45) is 11.8 Å². The molecule has 0 radical (unpaired) electrons. The fourth-order valence-electron chi connectivity index (χ4n) is 3.36. The Labute approximate surface area is 122 Å². The first kappa shape index (κ1) is 14.9. The smallest absolute Gasteiger partial charge is 0.0440 e. The molecule has 0 saturated heterocycles. The molecule has 0 spiro atoms. The van der Waals surface area contributed by atoms with Crippen molar-refractivity contribution in [3.05, 3.63) is 34.3 Å². The van der Waals surface area contributed by atoms with Gasteiger partial charge in [-0.2, -0.15) is 0 Å². The lowest BCUT2D eigenvalue weighted by molar-refractivity contribution is 0.214. The van der Waals surface area contributed by atoms with Crippen LogP contribution in [0.5, 0.6) is 0 Å². The predicted molar refractivity (Wildman–Crippen MR) is 83.9 cm³/mol. The summed E-state index contributed by atoms with van der Waals surface area (Å²) in [6, 6.07) is 7.14. The van der Waals surface area contributed by atoms with Gasteiger partial charge >= 0.3 is 0 Å². The van der Waals surface area contributed by atoms with E-state index < -0.39 is 0 Å². The summed E-state index contributed by atoms with van der Waals surface area (Å²) in [5.74, 6) is 1.58. The number of nitrogens with one attached hydrogen (secondary N) is 1. The Balaban J connectivity index is 2.09. The number of benzene rings is 1. The summed E-state index contributed by atoms with van der Waals surface area (Å²) < 4.78 is 0. The number of aryl methyl sites for hydroxylation is 1. The Kier molecular flexibility index (Phi) is 5.29. The maximum atomic E-state index is 6.39. The van der Waals surface area contributed by atoms with Gasteiger partial charge < -0.3 is 5.32 Å². The molecule has 106 valence electrons. The van der Waals surface area contributed by atoms with Crippen molar-refractivity contribution in [3.63, 3.8) is 0 Å². The van der Waals surface area contributed by atoms with E-state index in [1.54, 1.807) is 0 Å². The highest BCUT2D eigenvalue weighted by molar-refractivity contribution is 6.31. The molecule has 3 atom stereocenters. The van der Waals surface area contributed by atoms with Gasteiger partial charge in [-0.25, -0.2) is 0 Å². The van der Waals surface area contributed by atoms with Gasteiger partial charge in [0, 0.05) is 11.1 Å². The number of hydrogen-bond donors (Lipinski definition) is 1. The van der Waals surface area contributed by atoms with E-state index in [0.717, 1.165) is 29.8 Å². The fourth-order valence-corrected chi connectivity index (χ4v) is 3.67. The Hall–Kier alpha value is -0.530. The van der Waals surface area contributed by atoms with Crippen molar-refractivity contribution in [2.45, 2.75) is 52.5 Å². The van der Waals surface area contributed by atoms with Gasteiger partial charge in [-0.1, -0.05) is 37.6 Å². The second kappa shape index (κ2) is 6.76. The van der Waals surface area contributed by atoms with Gasteiger partial charge in [-0.3, -0.25) is 0 Å². The van der Waals surface area contributed by atoms with Gasteiger partial charge in [0.25, 0.3) is 0 Å². The molecule has 1 nitrogen and oxygen atoms in total. The predicted octanol–water partition coefficient (Wildman–Crippen LogP) is 4.61.